The van der Waals surface area contributed by atoms with Gasteiger partial charge in [-0.05, 0) is 55.0 Å². The second-order valence-electron chi connectivity index (χ2n) is 7.13. The summed E-state index contributed by atoms with van der Waals surface area (Å²) in [6.07, 6.45) is 2.07. The third kappa shape index (κ3) is 7.87. The van der Waals surface area contributed by atoms with Gasteiger partial charge in [0.2, 0.25) is 5.91 Å². The normalized spacial score (nSPS) is 10.3. The first-order valence-corrected chi connectivity index (χ1v) is 10.9. The van der Waals surface area contributed by atoms with Crippen molar-refractivity contribution in [3.63, 3.8) is 0 Å². The molecule has 0 unspecified atom stereocenters. The van der Waals surface area contributed by atoms with Crippen LogP contribution in [0.1, 0.15) is 19.8 Å². The van der Waals surface area contributed by atoms with Gasteiger partial charge >= 0.3 is 0 Å². The summed E-state index contributed by atoms with van der Waals surface area (Å²) in [5.74, 6) is 2.15. The number of hydrogen-bond acceptors (Lipinski definition) is 5. The molecule has 0 atom stereocenters. The smallest absolute Gasteiger partial charge is 0.243 e. The van der Waals surface area contributed by atoms with Gasteiger partial charge in [0.15, 0.2) is 0 Å². The minimum Gasteiger partial charge on any atom is -0.491 e. The Morgan fingerprint density at radius 3 is 2.12 bits per heavy atom. The number of benzene rings is 3. The van der Waals surface area contributed by atoms with E-state index in [4.69, 9.17) is 14.2 Å². The van der Waals surface area contributed by atoms with Gasteiger partial charge < -0.3 is 24.8 Å². The summed E-state index contributed by atoms with van der Waals surface area (Å²) in [7, 11) is 0. The molecule has 0 spiro atoms. The number of anilines is 2. The first kappa shape index (κ1) is 23.0. The van der Waals surface area contributed by atoms with Crippen LogP contribution in [0.2, 0.25) is 0 Å². The molecule has 2 N–H and O–H groups in total. The molecule has 3 aromatic rings. The zero-order chi connectivity index (χ0) is 22.4. The van der Waals surface area contributed by atoms with Crippen LogP contribution in [0.5, 0.6) is 17.2 Å². The van der Waals surface area contributed by atoms with Crippen molar-refractivity contribution in [3.8, 4) is 17.2 Å². The first-order chi connectivity index (χ1) is 15.7. The Morgan fingerprint density at radius 2 is 1.41 bits per heavy atom. The zero-order valence-electron chi connectivity index (χ0n) is 18.4. The third-order valence-electron chi connectivity index (χ3n) is 4.58. The van der Waals surface area contributed by atoms with Gasteiger partial charge in [-0.3, -0.25) is 4.79 Å². The highest BCUT2D eigenvalue weighted by atomic mass is 16.5. The van der Waals surface area contributed by atoms with E-state index in [2.05, 4.69) is 17.6 Å². The van der Waals surface area contributed by atoms with Crippen molar-refractivity contribution in [2.24, 2.45) is 0 Å². The minimum atomic E-state index is -0.140. The van der Waals surface area contributed by atoms with Crippen LogP contribution in [0.25, 0.3) is 0 Å². The van der Waals surface area contributed by atoms with Gasteiger partial charge in [-0.15, -0.1) is 0 Å². The number of hydrogen-bond donors (Lipinski definition) is 2. The summed E-state index contributed by atoms with van der Waals surface area (Å²) in [5.41, 5.74) is 1.51. The molecule has 1 amide bonds. The number of carbonyl (C=O) groups excluding carboxylic acids is 1. The van der Waals surface area contributed by atoms with E-state index in [0.717, 1.165) is 35.8 Å². The second kappa shape index (κ2) is 12.9. The molecule has 0 radical (unpaired) electrons. The van der Waals surface area contributed by atoms with E-state index in [0.29, 0.717) is 25.5 Å². The molecular formula is C26H30N2O4. The van der Waals surface area contributed by atoms with Crippen LogP contribution >= 0.6 is 0 Å². The van der Waals surface area contributed by atoms with Gasteiger partial charge in [0.05, 0.1) is 18.8 Å². The Hall–Kier alpha value is -3.67. The number of para-hydroxylation sites is 3. The van der Waals surface area contributed by atoms with Gasteiger partial charge in [-0.1, -0.05) is 43.7 Å². The van der Waals surface area contributed by atoms with Crippen molar-refractivity contribution in [2.75, 3.05) is 37.0 Å². The first-order valence-electron chi connectivity index (χ1n) is 10.9. The molecule has 0 aliphatic rings. The van der Waals surface area contributed by atoms with Crippen LogP contribution < -0.4 is 24.8 Å². The van der Waals surface area contributed by atoms with E-state index < -0.39 is 0 Å². The molecule has 0 aliphatic carbocycles. The molecule has 6 heteroatoms. The van der Waals surface area contributed by atoms with Gasteiger partial charge in [-0.2, -0.15) is 0 Å². The van der Waals surface area contributed by atoms with Crippen molar-refractivity contribution in [1.29, 1.82) is 0 Å². The number of carbonyl (C=O) groups is 1. The summed E-state index contributed by atoms with van der Waals surface area (Å²) < 4.78 is 17.1. The van der Waals surface area contributed by atoms with Crippen LogP contribution in [0, 0.1) is 0 Å². The lowest BCUT2D eigenvalue weighted by atomic mass is 10.2. The van der Waals surface area contributed by atoms with Crippen LogP contribution in [-0.2, 0) is 4.79 Å². The third-order valence-corrected chi connectivity index (χ3v) is 4.58. The average Bonchev–Trinajstić information content (AvgIpc) is 2.83. The van der Waals surface area contributed by atoms with Crippen molar-refractivity contribution < 1.29 is 19.0 Å². The summed E-state index contributed by atoms with van der Waals surface area (Å²) in [5, 5.41) is 6.02. The lowest BCUT2D eigenvalue weighted by Crippen LogP contribution is -2.22. The SMILES string of the molecule is CCCCOc1ccccc1NCC(=O)Nc1ccc(OCCOc2ccccc2)cc1. The van der Waals surface area contributed by atoms with Crippen molar-refractivity contribution in [2.45, 2.75) is 19.8 Å². The molecule has 0 aliphatic heterocycles. The van der Waals surface area contributed by atoms with E-state index in [1.807, 2.05) is 78.9 Å². The Labute approximate surface area is 189 Å². The lowest BCUT2D eigenvalue weighted by Gasteiger charge is -2.13. The Morgan fingerprint density at radius 1 is 0.750 bits per heavy atom. The molecule has 3 aromatic carbocycles. The Balaban J connectivity index is 1.39. The minimum absolute atomic E-state index is 0.140. The number of ether oxygens (including phenoxy) is 3. The van der Waals surface area contributed by atoms with Crippen LogP contribution in [0.4, 0.5) is 11.4 Å². The molecule has 0 saturated heterocycles. The molecule has 0 bridgehead atoms. The fourth-order valence-corrected chi connectivity index (χ4v) is 2.92. The molecule has 168 valence electrons. The van der Waals surface area contributed by atoms with Crippen molar-refractivity contribution in [1.82, 2.24) is 0 Å². The van der Waals surface area contributed by atoms with Gasteiger partial charge in [-0.25, -0.2) is 0 Å². The maximum absolute atomic E-state index is 12.3. The standard InChI is InChI=1S/C26H30N2O4/c1-2-3-17-32-25-12-8-7-11-24(25)27-20-26(29)28-21-13-15-23(16-14-21)31-19-18-30-22-9-5-4-6-10-22/h4-16,27H,2-3,17-20H2,1H3,(H,28,29). The highest BCUT2D eigenvalue weighted by molar-refractivity contribution is 5.94. The second-order valence-corrected chi connectivity index (χ2v) is 7.13. The van der Waals surface area contributed by atoms with Gasteiger partial charge in [0.25, 0.3) is 0 Å². The lowest BCUT2D eigenvalue weighted by molar-refractivity contribution is -0.114. The zero-order valence-corrected chi connectivity index (χ0v) is 18.4. The van der Waals surface area contributed by atoms with Crippen LogP contribution in [0.3, 0.4) is 0 Å². The quantitative estimate of drug-likeness (QED) is 0.354. The Bertz CT molecular complexity index is 946. The summed E-state index contributed by atoms with van der Waals surface area (Å²) >= 11 is 0. The molecule has 3 rings (SSSR count). The van der Waals surface area contributed by atoms with Gasteiger partial charge in [0, 0.05) is 5.69 Å². The predicted molar refractivity (Wildman–Crippen MR) is 128 cm³/mol. The number of amides is 1. The van der Waals surface area contributed by atoms with Crippen LogP contribution in [0.15, 0.2) is 78.9 Å². The van der Waals surface area contributed by atoms with Crippen LogP contribution in [-0.4, -0.2) is 32.3 Å². The average molecular weight is 435 g/mol. The summed E-state index contributed by atoms with van der Waals surface area (Å²) in [6.45, 7) is 3.82. The monoisotopic (exact) mass is 434 g/mol. The molecule has 0 fully saturated rings. The molecular weight excluding hydrogens is 404 g/mol. The maximum Gasteiger partial charge on any atom is 0.243 e. The van der Waals surface area contributed by atoms with E-state index >= 15 is 0 Å². The van der Waals surface area contributed by atoms with Crippen molar-refractivity contribution in [3.05, 3.63) is 78.9 Å². The van der Waals surface area contributed by atoms with E-state index in [-0.39, 0.29) is 12.5 Å². The number of nitrogens with one attached hydrogen (secondary N) is 2. The molecule has 0 saturated carbocycles. The van der Waals surface area contributed by atoms with E-state index in [9.17, 15) is 4.79 Å². The summed E-state index contributed by atoms with van der Waals surface area (Å²) in [4.78, 5) is 12.3. The van der Waals surface area contributed by atoms with Crippen molar-refractivity contribution >= 4 is 17.3 Å². The molecule has 0 aromatic heterocycles. The topological polar surface area (TPSA) is 68.8 Å². The van der Waals surface area contributed by atoms with E-state index in [1.165, 1.54) is 0 Å². The maximum atomic E-state index is 12.3. The highest BCUT2D eigenvalue weighted by Gasteiger charge is 2.06. The Kier molecular flexibility index (Phi) is 9.27. The molecule has 0 heterocycles. The fraction of sp³-hybridized carbons (Fsp3) is 0.269. The predicted octanol–water partition coefficient (Wildman–Crippen LogP) is 5.37. The van der Waals surface area contributed by atoms with Gasteiger partial charge in [0.1, 0.15) is 30.5 Å². The molecule has 32 heavy (non-hydrogen) atoms. The molecule has 6 nitrogen and oxygen atoms in total. The number of rotatable bonds is 13. The van der Waals surface area contributed by atoms with E-state index in [1.54, 1.807) is 0 Å². The number of unbranched alkanes of at least 4 members (excludes halogenated alkanes) is 1. The highest BCUT2D eigenvalue weighted by Crippen LogP contribution is 2.24. The fourth-order valence-electron chi connectivity index (χ4n) is 2.92. The largest absolute Gasteiger partial charge is 0.491 e. The summed E-state index contributed by atoms with van der Waals surface area (Å²) in [6, 6.07) is 24.5.